The smallest absolute Gasteiger partial charge is 0.213 e. The van der Waals surface area contributed by atoms with Crippen molar-refractivity contribution in [2.45, 2.75) is 45.1 Å². The van der Waals surface area contributed by atoms with Crippen molar-refractivity contribution in [1.29, 1.82) is 0 Å². The molecule has 1 aromatic heterocycles. The van der Waals surface area contributed by atoms with Crippen LogP contribution in [0.15, 0.2) is 18.3 Å². The third kappa shape index (κ3) is 2.07. The quantitative estimate of drug-likeness (QED) is 0.916. The average molecular weight is 272 g/mol. The van der Waals surface area contributed by atoms with Gasteiger partial charge in [0, 0.05) is 12.0 Å². The second-order valence-corrected chi connectivity index (χ2v) is 7.26. The van der Waals surface area contributed by atoms with Gasteiger partial charge in [-0.3, -0.25) is 0 Å². The van der Waals surface area contributed by atoms with Crippen LogP contribution < -0.4 is 10.5 Å². The van der Waals surface area contributed by atoms with Crippen molar-refractivity contribution in [1.82, 2.24) is 4.98 Å². The molecule has 0 aromatic carbocycles. The summed E-state index contributed by atoms with van der Waals surface area (Å²) in [5, 5.41) is 0. The van der Waals surface area contributed by atoms with Crippen LogP contribution in [0.2, 0.25) is 0 Å². The van der Waals surface area contributed by atoms with E-state index in [1.54, 1.807) is 6.20 Å². The fraction of sp³-hybridized carbons (Fsp3) is 0.706. The Morgan fingerprint density at radius 2 is 1.75 bits per heavy atom. The van der Waals surface area contributed by atoms with Crippen LogP contribution in [0.1, 0.15) is 39.0 Å². The van der Waals surface area contributed by atoms with Crippen LogP contribution >= 0.6 is 0 Å². The van der Waals surface area contributed by atoms with Crippen LogP contribution in [0.25, 0.3) is 0 Å². The molecule has 4 aliphatic carbocycles. The molecule has 4 aliphatic rings. The summed E-state index contributed by atoms with van der Waals surface area (Å²) >= 11 is 0. The topological polar surface area (TPSA) is 48.1 Å². The van der Waals surface area contributed by atoms with Gasteiger partial charge in [-0.1, -0.05) is 0 Å². The molecule has 108 valence electrons. The maximum atomic E-state index is 6.13. The Bertz CT molecular complexity index is 456. The molecule has 3 heteroatoms. The highest BCUT2D eigenvalue weighted by atomic mass is 16.5. The van der Waals surface area contributed by atoms with Gasteiger partial charge in [-0.15, -0.1) is 0 Å². The summed E-state index contributed by atoms with van der Waals surface area (Å²) in [5.41, 5.74) is 6.37. The molecular weight excluding hydrogens is 248 g/mol. The van der Waals surface area contributed by atoms with Crippen molar-refractivity contribution >= 4 is 5.69 Å². The number of rotatable bonds is 3. The summed E-state index contributed by atoms with van der Waals surface area (Å²) in [7, 11) is 0. The summed E-state index contributed by atoms with van der Waals surface area (Å²) in [6.45, 7) is 2.24. The number of ether oxygens (including phenoxy) is 1. The van der Waals surface area contributed by atoms with Gasteiger partial charge < -0.3 is 10.5 Å². The van der Waals surface area contributed by atoms with Gasteiger partial charge in [-0.05, 0) is 68.8 Å². The molecule has 4 bridgehead atoms. The second kappa shape index (κ2) is 4.64. The molecule has 0 radical (unpaired) electrons. The highest BCUT2D eigenvalue weighted by Gasteiger charge is 2.50. The number of nitrogens with zero attached hydrogens (tertiary/aromatic N) is 1. The molecule has 1 atom stereocenters. The molecule has 1 aromatic rings. The van der Waals surface area contributed by atoms with Crippen molar-refractivity contribution in [2.75, 3.05) is 5.73 Å². The number of nitrogen functional groups attached to an aromatic ring is 1. The van der Waals surface area contributed by atoms with E-state index >= 15 is 0 Å². The van der Waals surface area contributed by atoms with Crippen molar-refractivity contribution in [2.24, 2.45) is 29.6 Å². The zero-order valence-electron chi connectivity index (χ0n) is 12.2. The van der Waals surface area contributed by atoms with E-state index in [4.69, 9.17) is 10.5 Å². The molecule has 5 rings (SSSR count). The Balaban J connectivity index is 1.48. The Morgan fingerprint density at radius 3 is 2.30 bits per heavy atom. The van der Waals surface area contributed by atoms with Crippen LogP contribution in [0, 0.1) is 29.6 Å². The molecule has 4 saturated carbocycles. The van der Waals surface area contributed by atoms with E-state index in [1.807, 2.05) is 12.1 Å². The van der Waals surface area contributed by atoms with E-state index in [9.17, 15) is 0 Å². The van der Waals surface area contributed by atoms with E-state index in [-0.39, 0.29) is 6.10 Å². The highest BCUT2D eigenvalue weighted by Crippen LogP contribution is 2.57. The number of hydrogen-bond donors (Lipinski definition) is 1. The van der Waals surface area contributed by atoms with Crippen LogP contribution in [0.5, 0.6) is 5.88 Å². The minimum absolute atomic E-state index is 0.279. The van der Waals surface area contributed by atoms with Gasteiger partial charge in [-0.25, -0.2) is 4.98 Å². The highest BCUT2D eigenvalue weighted by molar-refractivity contribution is 5.36. The fourth-order valence-electron chi connectivity index (χ4n) is 5.46. The molecule has 3 nitrogen and oxygen atoms in total. The summed E-state index contributed by atoms with van der Waals surface area (Å²) < 4.78 is 6.13. The number of aromatic nitrogens is 1. The van der Waals surface area contributed by atoms with Gasteiger partial charge in [0.15, 0.2) is 0 Å². The van der Waals surface area contributed by atoms with Crippen molar-refractivity contribution in [3.05, 3.63) is 18.3 Å². The molecule has 1 unspecified atom stereocenters. The molecule has 0 aliphatic heterocycles. The van der Waals surface area contributed by atoms with Gasteiger partial charge in [0.2, 0.25) is 5.88 Å². The summed E-state index contributed by atoms with van der Waals surface area (Å²) in [5.74, 6) is 5.30. The maximum absolute atomic E-state index is 6.13. The average Bonchev–Trinajstić information content (AvgIpc) is 2.40. The molecule has 0 amide bonds. The number of hydrogen-bond acceptors (Lipinski definition) is 3. The Morgan fingerprint density at radius 1 is 1.10 bits per heavy atom. The lowest BCUT2D eigenvalue weighted by Crippen LogP contribution is -2.49. The van der Waals surface area contributed by atoms with Gasteiger partial charge in [0.25, 0.3) is 0 Å². The zero-order chi connectivity index (χ0) is 13.7. The first-order valence-corrected chi connectivity index (χ1v) is 8.07. The van der Waals surface area contributed by atoms with E-state index in [1.165, 1.54) is 32.1 Å². The van der Waals surface area contributed by atoms with Gasteiger partial charge in [0.1, 0.15) is 6.10 Å². The Kier molecular flexibility index (Phi) is 2.90. The molecule has 20 heavy (non-hydrogen) atoms. The predicted octanol–water partition coefficient (Wildman–Crippen LogP) is 3.50. The standard InChI is InChI=1S/C17H24N2O/c1-10(20-16-3-2-15(18)9-19-16)17-13-5-11-4-12(7-13)8-14(17)6-11/h2-3,9-14,17H,4-8,18H2,1H3. The first kappa shape index (κ1) is 12.5. The predicted molar refractivity (Wildman–Crippen MR) is 79.3 cm³/mol. The van der Waals surface area contributed by atoms with E-state index in [2.05, 4.69) is 11.9 Å². The largest absolute Gasteiger partial charge is 0.474 e. The molecule has 0 spiro atoms. The lowest BCUT2D eigenvalue weighted by atomic mass is 9.51. The number of nitrogens with two attached hydrogens (primary N) is 1. The van der Waals surface area contributed by atoms with Crippen LogP contribution in [0.4, 0.5) is 5.69 Å². The third-order valence-corrected chi connectivity index (χ3v) is 5.91. The lowest BCUT2D eigenvalue weighted by molar-refractivity contribution is -0.0778. The van der Waals surface area contributed by atoms with Crippen molar-refractivity contribution in [3.63, 3.8) is 0 Å². The normalized spacial score (nSPS) is 39.8. The molecule has 1 heterocycles. The van der Waals surface area contributed by atoms with Gasteiger partial charge in [-0.2, -0.15) is 0 Å². The van der Waals surface area contributed by atoms with E-state index < -0.39 is 0 Å². The van der Waals surface area contributed by atoms with Crippen LogP contribution in [0.3, 0.4) is 0 Å². The number of pyridine rings is 1. The number of anilines is 1. The molecular formula is C17H24N2O. The maximum Gasteiger partial charge on any atom is 0.213 e. The monoisotopic (exact) mass is 272 g/mol. The van der Waals surface area contributed by atoms with Gasteiger partial charge >= 0.3 is 0 Å². The third-order valence-electron chi connectivity index (χ3n) is 5.91. The van der Waals surface area contributed by atoms with E-state index in [0.717, 1.165) is 35.5 Å². The fourth-order valence-corrected chi connectivity index (χ4v) is 5.46. The second-order valence-electron chi connectivity index (χ2n) is 7.26. The molecule has 0 saturated heterocycles. The minimum atomic E-state index is 0.279. The van der Waals surface area contributed by atoms with Crippen LogP contribution in [-0.4, -0.2) is 11.1 Å². The SMILES string of the molecule is CC(Oc1ccc(N)cn1)C1C2CC3CC(C2)CC1C3. The van der Waals surface area contributed by atoms with Gasteiger partial charge in [0.05, 0.1) is 11.9 Å². The summed E-state index contributed by atoms with van der Waals surface area (Å²) in [6.07, 6.45) is 9.25. The Labute approximate surface area is 120 Å². The van der Waals surface area contributed by atoms with E-state index in [0.29, 0.717) is 5.69 Å². The minimum Gasteiger partial charge on any atom is -0.474 e. The van der Waals surface area contributed by atoms with Crippen molar-refractivity contribution < 1.29 is 4.74 Å². The lowest BCUT2D eigenvalue weighted by Gasteiger charge is -2.55. The molecule has 4 fully saturated rings. The summed E-state index contributed by atoms with van der Waals surface area (Å²) in [4.78, 5) is 4.28. The summed E-state index contributed by atoms with van der Waals surface area (Å²) in [6, 6.07) is 3.76. The molecule has 2 N–H and O–H groups in total. The Hall–Kier alpha value is -1.25. The first-order valence-electron chi connectivity index (χ1n) is 8.07. The van der Waals surface area contributed by atoms with Crippen molar-refractivity contribution in [3.8, 4) is 5.88 Å². The first-order chi connectivity index (χ1) is 9.69. The zero-order valence-corrected chi connectivity index (χ0v) is 12.2. The van der Waals surface area contributed by atoms with Crippen LogP contribution in [-0.2, 0) is 0 Å².